The molecule has 3 aromatic rings. The minimum Gasteiger partial charge on any atom is -0.497 e. The summed E-state index contributed by atoms with van der Waals surface area (Å²) in [5, 5.41) is 0. The van der Waals surface area contributed by atoms with Crippen LogP contribution in [0, 0.1) is 0 Å². The molecule has 196 valence electrons. The third-order valence-electron chi connectivity index (χ3n) is 5.85. The van der Waals surface area contributed by atoms with E-state index in [4.69, 9.17) is 18.9 Å². The lowest BCUT2D eigenvalue weighted by Crippen LogP contribution is -2.39. The van der Waals surface area contributed by atoms with Gasteiger partial charge in [-0.15, -0.1) is 0 Å². The van der Waals surface area contributed by atoms with Gasteiger partial charge in [-0.1, -0.05) is 54.8 Å². The van der Waals surface area contributed by atoms with Crippen LogP contribution in [-0.4, -0.2) is 38.0 Å². The van der Waals surface area contributed by atoms with Gasteiger partial charge in [0.05, 0.1) is 36.1 Å². The Labute approximate surface area is 224 Å². The van der Waals surface area contributed by atoms with Crippen molar-refractivity contribution in [2.24, 2.45) is 4.99 Å². The van der Waals surface area contributed by atoms with Crippen molar-refractivity contribution in [2.75, 3.05) is 27.4 Å². The maximum Gasteiger partial charge on any atom is 0.338 e. The summed E-state index contributed by atoms with van der Waals surface area (Å²) in [7, 11) is 3.13. The molecule has 2 aromatic carbocycles. The van der Waals surface area contributed by atoms with E-state index in [2.05, 4.69) is 18.2 Å². The second-order valence-corrected chi connectivity index (χ2v) is 9.26. The second kappa shape index (κ2) is 11.8. The Morgan fingerprint density at radius 2 is 1.79 bits per heavy atom. The number of fused-ring (bicyclic) bond motifs is 1. The van der Waals surface area contributed by atoms with Gasteiger partial charge in [0.2, 0.25) is 0 Å². The predicted octanol–water partition coefficient (Wildman–Crippen LogP) is 3.55. The van der Waals surface area contributed by atoms with E-state index in [-0.39, 0.29) is 12.2 Å². The molecule has 1 atom stereocenters. The molecule has 0 saturated heterocycles. The number of carbonyl (C=O) groups is 1. The molecule has 0 N–H and O–H groups in total. The van der Waals surface area contributed by atoms with Gasteiger partial charge in [0, 0.05) is 0 Å². The van der Waals surface area contributed by atoms with Gasteiger partial charge in [-0.2, -0.15) is 0 Å². The smallest absolute Gasteiger partial charge is 0.338 e. The lowest BCUT2D eigenvalue weighted by molar-refractivity contribution is -0.138. The molecular weight excluding hydrogens is 504 g/mol. The van der Waals surface area contributed by atoms with Gasteiger partial charge in [0.1, 0.15) is 19.0 Å². The zero-order valence-corrected chi connectivity index (χ0v) is 22.2. The monoisotopic (exact) mass is 532 g/mol. The summed E-state index contributed by atoms with van der Waals surface area (Å²) in [6, 6.07) is 11.9. The zero-order chi connectivity index (χ0) is 27.2. The molecular formula is C29H28N2O6S. The lowest BCUT2D eigenvalue weighted by Gasteiger charge is -2.24. The first-order valence-electron chi connectivity index (χ1n) is 11.8. The number of nitrogens with zero attached hydrogens (tertiary/aromatic N) is 2. The Morgan fingerprint density at radius 1 is 1.05 bits per heavy atom. The number of allylic oxidation sites excluding steroid dienone is 1. The first kappa shape index (κ1) is 26.7. The number of benzene rings is 2. The third kappa shape index (κ3) is 5.33. The normalized spacial score (nSPS) is 14.8. The summed E-state index contributed by atoms with van der Waals surface area (Å²) in [5.74, 6) is 1.21. The Morgan fingerprint density at radius 3 is 2.45 bits per heavy atom. The summed E-state index contributed by atoms with van der Waals surface area (Å²) < 4.78 is 23.7. The highest BCUT2D eigenvalue weighted by atomic mass is 32.1. The van der Waals surface area contributed by atoms with E-state index in [9.17, 15) is 9.59 Å². The average Bonchev–Trinajstić information content (AvgIpc) is 3.24. The van der Waals surface area contributed by atoms with Crippen molar-refractivity contribution in [3.8, 4) is 17.2 Å². The van der Waals surface area contributed by atoms with E-state index < -0.39 is 12.0 Å². The molecule has 2 heterocycles. The molecule has 0 radical (unpaired) electrons. The summed E-state index contributed by atoms with van der Waals surface area (Å²) >= 11 is 1.25. The van der Waals surface area contributed by atoms with Crippen LogP contribution in [0.2, 0.25) is 0 Å². The number of hydrogen-bond donors (Lipinski definition) is 0. The van der Waals surface area contributed by atoms with Crippen molar-refractivity contribution >= 4 is 23.4 Å². The molecule has 38 heavy (non-hydrogen) atoms. The summed E-state index contributed by atoms with van der Waals surface area (Å²) in [5.41, 5.74) is 1.98. The van der Waals surface area contributed by atoms with Gasteiger partial charge < -0.3 is 18.9 Å². The molecule has 0 bridgehead atoms. The maximum atomic E-state index is 13.8. The summed E-state index contributed by atoms with van der Waals surface area (Å²) in [6.45, 7) is 9.40. The van der Waals surface area contributed by atoms with Crippen LogP contribution in [0.3, 0.4) is 0 Å². The number of ether oxygens (including phenoxy) is 4. The third-order valence-corrected chi connectivity index (χ3v) is 6.83. The van der Waals surface area contributed by atoms with Crippen LogP contribution in [0.4, 0.5) is 0 Å². The van der Waals surface area contributed by atoms with Gasteiger partial charge >= 0.3 is 5.97 Å². The number of rotatable bonds is 10. The van der Waals surface area contributed by atoms with Gasteiger partial charge in [0.25, 0.3) is 5.56 Å². The largest absolute Gasteiger partial charge is 0.497 e. The predicted molar refractivity (Wildman–Crippen MR) is 147 cm³/mol. The first-order valence-corrected chi connectivity index (χ1v) is 12.6. The molecule has 0 unspecified atom stereocenters. The molecule has 1 aliphatic rings. The van der Waals surface area contributed by atoms with Gasteiger partial charge in [-0.05, 0) is 48.4 Å². The number of hydrogen-bond acceptors (Lipinski definition) is 8. The van der Waals surface area contributed by atoms with Crippen LogP contribution in [-0.2, 0) is 9.53 Å². The van der Waals surface area contributed by atoms with Crippen molar-refractivity contribution in [1.29, 1.82) is 0 Å². The number of aromatic nitrogens is 1. The van der Waals surface area contributed by atoms with E-state index in [1.165, 1.54) is 22.0 Å². The van der Waals surface area contributed by atoms with Crippen LogP contribution in [0.15, 0.2) is 88.8 Å². The van der Waals surface area contributed by atoms with Crippen molar-refractivity contribution in [3.63, 3.8) is 0 Å². The van der Waals surface area contributed by atoms with E-state index in [0.29, 0.717) is 44.5 Å². The van der Waals surface area contributed by atoms with Crippen LogP contribution in [0.25, 0.3) is 6.08 Å². The Kier molecular flexibility index (Phi) is 8.28. The SMILES string of the molecule is C=CCOC(=O)C1=C(C)N=c2s/c(=C/c3ccc(OCC=C)c(OC)c3)c(=O)n2[C@@H]1c1ccc(OC)cc1. The van der Waals surface area contributed by atoms with E-state index in [0.717, 1.165) is 11.1 Å². The first-order chi connectivity index (χ1) is 18.4. The van der Waals surface area contributed by atoms with Gasteiger partial charge in [-0.25, -0.2) is 9.79 Å². The standard InChI is InChI=1S/C29H28N2O6S/c1-6-14-36-22-13-8-19(16-23(22)35-5)17-24-27(32)31-26(20-9-11-21(34-4)12-10-20)25(28(33)37-15-7-2)18(3)30-29(31)38-24/h6-13,16-17,26H,1-2,14-15H2,3-5H3/b24-17+/t26-/m1/s1. The Hall–Kier alpha value is -4.37. The number of carbonyl (C=O) groups excluding carboxylic acids is 1. The van der Waals surface area contributed by atoms with E-state index in [1.54, 1.807) is 57.6 Å². The number of methoxy groups -OCH3 is 2. The highest BCUT2D eigenvalue weighted by molar-refractivity contribution is 7.07. The molecule has 1 aromatic heterocycles. The number of thiazole rings is 1. The van der Waals surface area contributed by atoms with Gasteiger partial charge in [0.15, 0.2) is 16.3 Å². The van der Waals surface area contributed by atoms with E-state index in [1.807, 2.05) is 18.2 Å². The molecule has 0 saturated carbocycles. The highest BCUT2D eigenvalue weighted by Gasteiger charge is 2.33. The number of esters is 1. The Balaban J connectivity index is 1.86. The minimum absolute atomic E-state index is 0.0453. The zero-order valence-electron chi connectivity index (χ0n) is 21.4. The highest BCUT2D eigenvalue weighted by Crippen LogP contribution is 2.32. The average molecular weight is 533 g/mol. The summed E-state index contributed by atoms with van der Waals surface area (Å²) in [6.07, 6.45) is 4.91. The lowest BCUT2D eigenvalue weighted by atomic mass is 9.96. The molecule has 0 spiro atoms. The molecule has 0 aliphatic carbocycles. The molecule has 0 amide bonds. The van der Waals surface area contributed by atoms with Crippen LogP contribution >= 0.6 is 11.3 Å². The van der Waals surface area contributed by atoms with E-state index >= 15 is 0 Å². The van der Waals surface area contributed by atoms with Crippen LogP contribution in [0.1, 0.15) is 24.1 Å². The van der Waals surface area contributed by atoms with Crippen LogP contribution in [0.5, 0.6) is 17.2 Å². The molecule has 8 nitrogen and oxygen atoms in total. The molecule has 0 fully saturated rings. The fourth-order valence-corrected chi connectivity index (χ4v) is 5.14. The van der Waals surface area contributed by atoms with Crippen molar-refractivity contribution in [3.05, 3.63) is 110 Å². The topological polar surface area (TPSA) is 88.4 Å². The quantitative estimate of drug-likeness (QED) is 0.293. The van der Waals surface area contributed by atoms with Crippen molar-refractivity contribution in [2.45, 2.75) is 13.0 Å². The fraction of sp³-hybridized carbons (Fsp3) is 0.207. The van der Waals surface area contributed by atoms with Crippen molar-refractivity contribution in [1.82, 2.24) is 4.57 Å². The van der Waals surface area contributed by atoms with Crippen LogP contribution < -0.4 is 29.1 Å². The fourth-order valence-electron chi connectivity index (χ4n) is 4.09. The van der Waals surface area contributed by atoms with Gasteiger partial charge in [-0.3, -0.25) is 9.36 Å². The maximum absolute atomic E-state index is 13.8. The minimum atomic E-state index is -0.721. The molecule has 4 rings (SSSR count). The Bertz CT molecular complexity index is 1580. The molecule has 1 aliphatic heterocycles. The van der Waals surface area contributed by atoms with Crippen molar-refractivity contribution < 1.29 is 23.7 Å². The second-order valence-electron chi connectivity index (χ2n) is 8.25. The molecule has 9 heteroatoms. The summed E-state index contributed by atoms with van der Waals surface area (Å²) in [4.78, 5) is 32.0.